The molecule has 2 unspecified atom stereocenters. The number of hydrogen-bond donors (Lipinski definition) is 4. The number of carbonyl (C=O) groups is 3. The Kier molecular flexibility index (Phi) is 7.63. The minimum Gasteiger partial charge on any atom is -0.442 e. The van der Waals surface area contributed by atoms with Gasteiger partial charge in [0.15, 0.2) is 0 Å². The standard InChI is InChI=1S/C30H30FN5O4/c1-17(37)28(33)27-16-36(30(39)40-27)21-10-11-22(24(31)13-21)19-8-6-18(7-9-19)14-35-29(38)25(32)12-20-15-34-26-5-3-2-4-23(20)26/h2-11,13,15,25,27-28,34H,12,14,16,32-33H2,1H3,(H,35,38)/t25?,27?,28-/m1/s1. The summed E-state index contributed by atoms with van der Waals surface area (Å²) in [5.41, 5.74) is 16.1. The molecule has 206 valence electrons. The summed E-state index contributed by atoms with van der Waals surface area (Å²) in [7, 11) is 0. The molecule has 1 aromatic heterocycles. The smallest absolute Gasteiger partial charge is 0.414 e. The van der Waals surface area contributed by atoms with Gasteiger partial charge in [-0.05, 0) is 54.3 Å². The molecule has 1 saturated heterocycles. The highest BCUT2D eigenvalue weighted by atomic mass is 19.1. The second-order valence-electron chi connectivity index (χ2n) is 9.92. The zero-order chi connectivity index (χ0) is 28.4. The van der Waals surface area contributed by atoms with E-state index in [9.17, 15) is 14.4 Å². The number of H-pyrrole nitrogens is 1. The van der Waals surface area contributed by atoms with Crippen LogP contribution in [0.2, 0.25) is 0 Å². The maximum Gasteiger partial charge on any atom is 0.414 e. The predicted octanol–water partition coefficient (Wildman–Crippen LogP) is 3.40. The van der Waals surface area contributed by atoms with Gasteiger partial charge in [0.25, 0.3) is 0 Å². The largest absolute Gasteiger partial charge is 0.442 e. The van der Waals surface area contributed by atoms with Crippen LogP contribution in [0.4, 0.5) is 14.9 Å². The van der Waals surface area contributed by atoms with Crippen LogP contribution in [0.25, 0.3) is 22.0 Å². The zero-order valence-corrected chi connectivity index (χ0v) is 21.9. The molecule has 0 saturated carbocycles. The molecule has 1 fully saturated rings. The second kappa shape index (κ2) is 11.3. The summed E-state index contributed by atoms with van der Waals surface area (Å²) in [6.45, 7) is 1.67. The lowest BCUT2D eigenvalue weighted by Gasteiger charge is -2.16. The third-order valence-electron chi connectivity index (χ3n) is 7.15. The van der Waals surface area contributed by atoms with Gasteiger partial charge in [-0.1, -0.05) is 42.5 Å². The van der Waals surface area contributed by atoms with E-state index in [-0.39, 0.29) is 24.8 Å². The number of nitrogens with zero attached hydrogens (tertiary/aromatic N) is 1. The van der Waals surface area contributed by atoms with Gasteiger partial charge in [0.05, 0.1) is 18.3 Å². The van der Waals surface area contributed by atoms with Crippen molar-refractivity contribution in [2.24, 2.45) is 11.5 Å². The van der Waals surface area contributed by atoms with Gasteiger partial charge in [0.2, 0.25) is 5.91 Å². The number of rotatable bonds is 9. The van der Waals surface area contributed by atoms with Crippen LogP contribution in [-0.4, -0.2) is 47.5 Å². The summed E-state index contributed by atoms with van der Waals surface area (Å²) >= 11 is 0. The number of ketones is 1. The van der Waals surface area contributed by atoms with E-state index >= 15 is 4.39 Å². The summed E-state index contributed by atoms with van der Waals surface area (Å²) in [5.74, 6) is -1.07. The maximum atomic E-state index is 15.1. The van der Waals surface area contributed by atoms with Crippen molar-refractivity contribution in [3.8, 4) is 11.1 Å². The monoisotopic (exact) mass is 543 g/mol. The molecule has 0 radical (unpaired) electrons. The number of benzene rings is 3. The number of anilines is 1. The first-order valence-corrected chi connectivity index (χ1v) is 12.9. The van der Waals surface area contributed by atoms with Crippen LogP contribution in [-0.2, 0) is 27.3 Å². The lowest BCUT2D eigenvalue weighted by molar-refractivity contribution is -0.122. The Hall–Kier alpha value is -4.54. The van der Waals surface area contributed by atoms with Crippen molar-refractivity contribution in [2.45, 2.75) is 38.1 Å². The lowest BCUT2D eigenvalue weighted by atomic mass is 10.0. The van der Waals surface area contributed by atoms with E-state index in [0.29, 0.717) is 23.2 Å². The number of aromatic amines is 1. The highest BCUT2D eigenvalue weighted by molar-refractivity contribution is 5.92. The third-order valence-corrected chi connectivity index (χ3v) is 7.15. The first-order valence-electron chi connectivity index (χ1n) is 12.9. The zero-order valence-electron chi connectivity index (χ0n) is 21.9. The summed E-state index contributed by atoms with van der Waals surface area (Å²) < 4.78 is 20.3. The van der Waals surface area contributed by atoms with Gasteiger partial charge in [-0.25, -0.2) is 9.18 Å². The molecule has 4 aromatic rings. The van der Waals surface area contributed by atoms with Gasteiger partial charge >= 0.3 is 6.09 Å². The van der Waals surface area contributed by atoms with Crippen LogP contribution in [0.5, 0.6) is 0 Å². The minimum atomic E-state index is -0.934. The van der Waals surface area contributed by atoms with E-state index in [0.717, 1.165) is 22.0 Å². The fourth-order valence-corrected chi connectivity index (χ4v) is 4.80. The number of cyclic esters (lactones) is 1. The summed E-state index contributed by atoms with van der Waals surface area (Å²) in [6, 6.07) is 17.8. The normalized spacial score (nSPS) is 16.6. The van der Waals surface area contributed by atoms with Crippen LogP contribution in [0, 0.1) is 5.82 Å². The molecule has 10 heteroatoms. The Labute approximate surface area is 230 Å². The number of Topliss-reactive ketones (excluding diaryl/α,β-unsaturated/α-hetero) is 1. The summed E-state index contributed by atoms with van der Waals surface area (Å²) in [5, 5.41) is 3.91. The van der Waals surface area contributed by atoms with Crippen molar-refractivity contribution in [2.75, 3.05) is 11.4 Å². The van der Waals surface area contributed by atoms with E-state index in [1.807, 2.05) is 30.5 Å². The first-order chi connectivity index (χ1) is 19.2. The minimum absolute atomic E-state index is 0.0597. The Morgan fingerprint density at radius 1 is 1.12 bits per heavy atom. The number of nitrogens with one attached hydrogen (secondary N) is 2. The van der Waals surface area contributed by atoms with E-state index in [1.54, 1.807) is 36.4 Å². The van der Waals surface area contributed by atoms with Crippen molar-refractivity contribution in [1.82, 2.24) is 10.3 Å². The Bertz CT molecular complexity index is 1570. The quantitative estimate of drug-likeness (QED) is 0.255. The fourth-order valence-electron chi connectivity index (χ4n) is 4.80. The average Bonchev–Trinajstić information content (AvgIpc) is 3.54. The predicted molar refractivity (Wildman–Crippen MR) is 150 cm³/mol. The van der Waals surface area contributed by atoms with Crippen LogP contribution >= 0.6 is 0 Å². The number of amides is 2. The van der Waals surface area contributed by atoms with Crippen molar-refractivity contribution in [3.05, 3.63) is 89.9 Å². The molecule has 5 rings (SSSR count). The highest BCUT2D eigenvalue weighted by Crippen LogP contribution is 2.30. The van der Waals surface area contributed by atoms with E-state index in [4.69, 9.17) is 16.2 Å². The van der Waals surface area contributed by atoms with Crippen LogP contribution in [0.1, 0.15) is 18.1 Å². The van der Waals surface area contributed by atoms with Gasteiger partial charge in [0, 0.05) is 29.2 Å². The third kappa shape index (κ3) is 5.58. The maximum absolute atomic E-state index is 15.1. The molecule has 0 aliphatic carbocycles. The van der Waals surface area contributed by atoms with Crippen LogP contribution in [0.15, 0.2) is 72.9 Å². The van der Waals surface area contributed by atoms with Crippen LogP contribution < -0.4 is 21.7 Å². The Morgan fingerprint density at radius 3 is 2.60 bits per heavy atom. The molecule has 9 nitrogen and oxygen atoms in total. The van der Waals surface area contributed by atoms with Crippen molar-refractivity contribution < 1.29 is 23.5 Å². The molecule has 2 heterocycles. The molecule has 2 amide bonds. The second-order valence-corrected chi connectivity index (χ2v) is 9.92. The van der Waals surface area contributed by atoms with Gasteiger partial charge < -0.3 is 26.5 Å². The lowest BCUT2D eigenvalue weighted by Crippen LogP contribution is -2.43. The Balaban J connectivity index is 1.19. The topological polar surface area (TPSA) is 144 Å². The number of para-hydroxylation sites is 1. The average molecular weight is 544 g/mol. The van der Waals surface area contributed by atoms with Crippen LogP contribution in [0.3, 0.4) is 0 Å². The summed E-state index contributed by atoms with van der Waals surface area (Å²) in [6.07, 6.45) is 0.814. The van der Waals surface area contributed by atoms with E-state index < -0.39 is 30.1 Å². The molecule has 6 N–H and O–H groups in total. The van der Waals surface area contributed by atoms with Crippen molar-refractivity contribution in [3.63, 3.8) is 0 Å². The molecule has 1 aliphatic heterocycles. The molecule has 3 aromatic carbocycles. The molecular formula is C30H30FN5O4. The van der Waals surface area contributed by atoms with Gasteiger partial charge in [0.1, 0.15) is 23.7 Å². The van der Waals surface area contributed by atoms with Crippen molar-refractivity contribution >= 4 is 34.4 Å². The Morgan fingerprint density at radius 2 is 1.88 bits per heavy atom. The highest BCUT2D eigenvalue weighted by Gasteiger charge is 2.38. The molecule has 3 atom stereocenters. The SMILES string of the molecule is CC(=O)[C@@H](N)C1CN(c2ccc(-c3ccc(CNC(=O)C(N)Cc4c[nH]c5ccccc45)cc3)c(F)c2)C(=O)O1. The van der Waals surface area contributed by atoms with E-state index in [2.05, 4.69) is 10.3 Å². The molecule has 40 heavy (non-hydrogen) atoms. The fraction of sp³-hybridized carbons (Fsp3) is 0.233. The number of ether oxygens (including phenoxy) is 1. The number of aromatic nitrogens is 1. The summed E-state index contributed by atoms with van der Waals surface area (Å²) in [4.78, 5) is 40.9. The number of carbonyl (C=O) groups excluding carboxylic acids is 3. The van der Waals surface area contributed by atoms with E-state index in [1.165, 1.54) is 17.9 Å². The van der Waals surface area contributed by atoms with Gasteiger partial charge in [-0.2, -0.15) is 0 Å². The van der Waals surface area contributed by atoms with Crippen molar-refractivity contribution in [1.29, 1.82) is 0 Å². The molecule has 0 spiro atoms. The first kappa shape index (κ1) is 27.0. The number of fused-ring (bicyclic) bond motifs is 1. The van der Waals surface area contributed by atoms with Gasteiger partial charge in [-0.15, -0.1) is 0 Å². The number of nitrogens with two attached hydrogens (primary N) is 2. The number of halogens is 1. The molecular weight excluding hydrogens is 513 g/mol. The molecule has 1 aliphatic rings. The molecule has 0 bridgehead atoms. The van der Waals surface area contributed by atoms with Gasteiger partial charge in [-0.3, -0.25) is 14.5 Å². The number of hydrogen-bond acceptors (Lipinski definition) is 6.